The van der Waals surface area contributed by atoms with E-state index < -0.39 is 22.1 Å². The third-order valence-electron chi connectivity index (χ3n) is 5.06. The number of allylic oxidation sites excluding steroid dienone is 3. The summed E-state index contributed by atoms with van der Waals surface area (Å²) in [5, 5.41) is 0. The maximum atomic E-state index is 12.9. The molecule has 0 N–H and O–H groups in total. The molecule has 0 spiro atoms. The number of carbonyl (C=O) groups is 1. The van der Waals surface area contributed by atoms with Crippen LogP contribution in [0.5, 0.6) is 0 Å². The number of hydrogen-bond donors (Lipinski definition) is 0. The summed E-state index contributed by atoms with van der Waals surface area (Å²) in [6, 6.07) is 0. The van der Waals surface area contributed by atoms with Crippen molar-refractivity contribution in [3.8, 4) is 0 Å². The zero-order chi connectivity index (χ0) is 20.5. The van der Waals surface area contributed by atoms with Gasteiger partial charge in [-0.05, 0) is 25.3 Å². The van der Waals surface area contributed by atoms with Crippen molar-refractivity contribution in [1.29, 1.82) is 0 Å². The first-order valence-corrected chi connectivity index (χ1v) is 10.5. The second kappa shape index (κ2) is 7.82. The molecule has 2 heterocycles. The van der Waals surface area contributed by atoms with Crippen LogP contribution in [0.1, 0.15) is 19.8 Å². The van der Waals surface area contributed by atoms with Crippen LogP contribution in [0.3, 0.4) is 0 Å². The Morgan fingerprint density at radius 2 is 1.86 bits per heavy atom. The average Bonchev–Trinajstić information content (AvgIpc) is 2.67. The molecule has 3 rings (SSSR count). The highest BCUT2D eigenvalue weighted by Gasteiger charge is 2.41. The van der Waals surface area contributed by atoms with Crippen LogP contribution in [0.4, 0.5) is 13.2 Å². The number of alkyl halides is 3. The lowest BCUT2D eigenvalue weighted by atomic mass is 9.96. The van der Waals surface area contributed by atoms with Crippen molar-refractivity contribution in [3.63, 3.8) is 0 Å². The SMILES string of the molecule is CC1=CC(C(F)(F)F)CC=C1S(=O)(=O)N1CCN(C(=O)C2=CCCN=C2)CC1. The van der Waals surface area contributed by atoms with Crippen LogP contribution in [0.2, 0.25) is 0 Å². The van der Waals surface area contributed by atoms with Gasteiger partial charge in [0.05, 0.1) is 16.4 Å². The molecule has 10 heteroatoms. The maximum Gasteiger partial charge on any atom is 0.395 e. The molecule has 0 radical (unpaired) electrons. The second-order valence-corrected chi connectivity index (χ2v) is 8.89. The molecule has 0 bridgehead atoms. The summed E-state index contributed by atoms with van der Waals surface area (Å²) in [7, 11) is -3.90. The predicted molar refractivity (Wildman–Crippen MR) is 99.1 cm³/mol. The zero-order valence-corrected chi connectivity index (χ0v) is 16.3. The quantitative estimate of drug-likeness (QED) is 0.707. The molecule has 3 aliphatic rings. The van der Waals surface area contributed by atoms with E-state index in [4.69, 9.17) is 0 Å². The minimum Gasteiger partial charge on any atom is -0.336 e. The number of aliphatic imine (C=N–C) groups is 1. The normalized spacial score (nSPS) is 24.5. The average molecular weight is 417 g/mol. The Balaban J connectivity index is 1.66. The Kier molecular flexibility index (Phi) is 5.81. The summed E-state index contributed by atoms with van der Waals surface area (Å²) in [4.78, 5) is 18.0. The van der Waals surface area contributed by atoms with E-state index in [0.717, 1.165) is 12.2 Å². The van der Waals surface area contributed by atoms with E-state index in [0.29, 0.717) is 18.5 Å². The van der Waals surface area contributed by atoms with Crippen LogP contribution in [0.25, 0.3) is 0 Å². The molecule has 0 saturated carbocycles. The Bertz CT molecular complexity index is 864. The number of hydrogen-bond acceptors (Lipinski definition) is 4. The molecule has 154 valence electrons. The summed E-state index contributed by atoms with van der Waals surface area (Å²) in [6.45, 7) is 2.70. The Hall–Kier alpha value is -1.94. The Labute approximate surface area is 162 Å². The van der Waals surface area contributed by atoms with E-state index in [9.17, 15) is 26.4 Å². The molecule has 1 fully saturated rings. The lowest BCUT2D eigenvalue weighted by Crippen LogP contribution is -2.51. The standard InChI is InChI=1S/C18H22F3N3O3S/c1-13-11-15(18(19,20)21)4-5-16(13)28(26,27)24-9-7-23(8-10-24)17(25)14-3-2-6-22-12-14/h3,5,11-12,15H,2,4,6-10H2,1H3. The maximum absolute atomic E-state index is 12.9. The summed E-state index contributed by atoms with van der Waals surface area (Å²) < 4.78 is 65.6. The number of rotatable bonds is 3. The topological polar surface area (TPSA) is 70.1 Å². The highest BCUT2D eigenvalue weighted by molar-refractivity contribution is 7.93. The summed E-state index contributed by atoms with van der Waals surface area (Å²) in [5.41, 5.74) is 0.616. The fourth-order valence-electron chi connectivity index (χ4n) is 3.49. The van der Waals surface area contributed by atoms with Crippen LogP contribution in [0, 0.1) is 5.92 Å². The van der Waals surface area contributed by atoms with Crippen molar-refractivity contribution in [2.45, 2.75) is 25.9 Å². The van der Waals surface area contributed by atoms with Gasteiger partial charge in [0.1, 0.15) is 0 Å². The molecule has 28 heavy (non-hydrogen) atoms. The largest absolute Gasteiger partial charge is 0.395 e. The van der Waals surface area contributed by atoms with Gasteiger partial charge in [0.15, 0.2) is 0 Å². The predicted octanol–water partition coefficient (Wildman–Crippen LogP) is 2.27. The molecule has 1 saturated heterocycles. The van der Waals surface area contributed by atoms with Crippen molar-refractivity contribution >= 4 is 22.1 Å². The minimum atomic E-state index is -4.39. The van der Waals surface area contributed by atoms with Crippen molar-refractivity contribution in [2.75, 3.05) is 32.7 Å². The smallest absolute Gasteiger partial charge is 0.336 e. The molecule has 1 aliphatic carbocycles. The van der Waals surface area contributed by atoms with Crippen molar-refractivity contribution in [2.24, 2.45) is 10.9 Å². The van der Waals surface area contributed by atoms with Crippen LogP contribution >= 0.6 is 0 Å². The minimum absolute atomic E-state index is 0.0742. The van der Waals surface area contributed by atoms with Crippen molar-refractivity contribution < 1.29 is 26.4 Å². The number of nitrogens with zero attached hydrogens (tertiary/aromatic N) is 3. The van der Waals surface area contributed by atoms with Gasteiger partial charge in [0.25, 0.3) is 5.91 Å². The monoisotopic (exact) mass is 417 g/mol. The van der Waals surface area contributed by atoms with E-state index in [1.165, 1.54) is 17.4 Å². The number of carbonyl (C=O) groups excluding carboxylic acids is 1. The molecule has 0 aromatic carbocycles. The Morgan fingerprint density at radius 1 is 1.18 bits per heavy atom. The number of dihydropyridines is 1. The first-order valence-electron chi connectivity index (χ1n) is 9.06. The lowest BCUT2D eigenvalue weighted by molar-refractivity contribution is -0.160. The van der Waals surface area contributed by atoms with Crippen LogP contribution in [-0.4, -0.2) is 68.6 Å². The Morgan fingerprint density at radius 3 is 2.39 bits per heavy atom. The molecule has 6 nitrogen and oxygen atoms in total. The van der Waals surface area contributed by atoms with Gasteiger partial charge < -0.3 is 4.90 Å². The van der Waals surface area contributed by atoms with Gasteiger partial charge in [0.2, 0.25) is 10.0 Å². The number of amides is 1. The van der Waals surface area contributed by atoms with E-state index >= 15 is 0 Å². The zero-order valence-electron chi connectivity index (χ0n) is 15.4. The first-order chi connectivity index (χ1) is 13.1. The van der Waals surface area contributed by atoms with E-state index in [1.54, 1.807) is 4.90 Å². The van der Waals surface area contributed by atoms with Gasteiger partial charge >= 0.3 is 6.18 Å². The van der Waals surface area contributed by atoms with Gasteiger partial charge in [-0.2, -0.15) is 17.5 Å². The number of sulfonamides is 1. The molecule has 0 aromatic heterocycles. The van der Waals surface area contributed by atoms with Crippen LogP contribution < -0.4 is 0 Å². The molecule has 0 aromatic rings. The van der Waals surface area contributed by atoms with Gasteiger partial charge in [-0.15, -0.1) is 0 Å². The van der Waals surface area contributed by atoms with Gasteiger partial charge in [-0.3, -0.25) is 9.79 Å². The first kappa shape index (κ1) is 20.8. The highest BCUT2D eigenvalue weighted by atomic mass is 32.2. The van der Waals surface area contributed by atoms with Gasteiger partial charge in [-0.1, -0.05) is 18.2 Å². The molecule has 1 atom stereocenters. The van der Waals surface area contributed by atoms with Gasteiger partial charge in [-0.25, -0.2) is 8.42 Å². The second-order valence-electron chi connectivity index (χ2n) is 6.98. The van der Waals surface area contributed by atoms with E-state index in [1.807, 2.05) is 6.08 Å². The number of halogens is 3. The van der Waals surface area contributed by atoms with Crippen LogP contribution in [0.15, 0.2) is 39.3 Å². The fraction of sp³-hybridized carbons (Fsp3) is 0.556. The third kappa shape index (κ3) is 4.22. The van der Waals surface area contributed by atoms with E-state index in [2.05, 4.69) is 4.99 Å². The van der Waals surface area contributed by atoms with Crippen LogP contribution in [-0.2, 0) is 14.8 Å². The molecule has 1 unspecified atom stereocenters. The summed E-state index contributed by atoms with van der Waals surface area (Å²) in [5.74, 6) is -1.84. The third-order valence-corrected chi connectivity index (χ3v) is 7.15. The van der Waals surface area contributed by atoms with Crippen molar-refractivity contribution in [3.05, 3.63) is 34.3 Å². The number of piperazine rings is 1. The fourth-order valence-corrected chi connectivity index (χ4v) is 5.19. The molecule has 2 aliphatic heterocycles. The molecule has 1 amide bonds. The highest BCUT2D eigenvalue weighted by Crippen LogP contribution is 2.37. The summed E-state index contributed by atoms with van der Waals surface area (Å²) >= 11 is 0. The molecular weight excluding hydrogens is 395 g/mol. The van der Waals surface area contributed by atoms with Gasteiger partial charge in [0, 0.05) is 38.9 Å². The van der Waals surface area contributed by atoms with Crippen molar-refractivity contribution in [1.82, 2.24) is 9.21 Å². The molecular formula is C18H22F3N3O3S. The summed E-state index contributed by atoms with van der Waals surface area (Å²) in [6.07, 6.45) is 1.40. The van der Waals surface area contributed by atoms with E-state index in [-0.39, 0.29) is 49.0 Å². The lowest BCUT2D eigenvalue weighted by Gasteiger charge is -2.35.